The van der Waals surface area contributed by atoms with Crippen LogP contribution in [0.2, 0.25) is 10.0 Å². The van der Waals surface area contributed by atoms with Crippen molar-refractivity contribution < 1.29 is 0 Å². The summed E-state index contributed by atoms with van der Waals surface area (Å²) in [6, 6.07) is 15.1. The fourth-order valence-corrected chi connectivity index (χ4v) is 2.72. The number of nitrogens with two attached hydrogens (primary N) is 1. The Balaban J connectivity index is 2.29. The number of hydrogen-bond donors (Lipinski definition) is 1. The van der Waals surface area contributed by atoms with E-state index in [0.29, 0.717) is 15.9 Å². The van der Waals surface area contributed by atoms with Crippen LogP contribution in [0.5, 0.6) is 0 Å². The zero-order valence-electron chi connectivity index (χ0n) is 11.3. The monoisotopic (exact) mass is 317 g/mol. The Kier molecular flexibility index (Phi) is 3.62. The third kappa shape index (κ3) is 2.50. The van der Waals surface area contributed by atoms with E-state index in [1.54, 1.807) is 4.68 Å². The first-order valence-electron chi connectivity index (χ1n) is 6.41. The number of anilines is 1. The van der Waals surface area contributed by atoms with Crippen LogP contribution >= 0.6 is 23.2 Å². The molecule has 0 aliphatic rings. The molecule has 2 aromatic carbocycles. The summed E-state index contributed by atoms with van der Waals surface area (Å²) in [7, 11) is 1.81. The van der Waals surface area contributed by atoms with Crippen LogP contribution in [0.4, 0.5) is 5.82 Å². The van der Waals surface area contributed by atoms with Gasteiger partial charge >= 0.3 is 0 Å². The van der Waals surface area contributed by atoms with E-state index in [2.05, 4.69) is 5.10 Å². The van der Waals surface area contributed by atoms with E-state index in [4.69, 9.17) is 28.9 Å². The number of nitrogens with zero attached hydrogens (tertiary/aromatic N) is 2. The van der Waals surface area contributed by atoms with Gasteiger partial charge < -0.3 is 5.73 Å². The van der Waals surface area contributed by atoms with Crippen LogP contribution in [0.15, 0.2) is 48.5 Å². The Morgan fingerprint density at radius 3 is 2.52 bits per heavy atom. The molecule has 1 heterocycles. The maximum Gasteiger partial charge on any atom is 0.129 e. The van der Waals surface area contributed by atoms with Crippen LogP contribution in [0.3, 0.4) is 0 Å². The number of halogens is 2. The van der Waals surface area contributed by atoms with Crippen LogP contribution in [0.1, 0.15) is 0 Å². The molecule has 0 bridgehead atoms. The molecule has 1 aromatic heterocycles. The number of rotatable bonds is 2. The molecule has 0 radical (unpaired) electrons. The highest BCUT2D eigenvalue weighted by Crippen LogP contribution is 2.39. The van der Waals surface area contributed by atoms with Gasteiger partial charge in [0.1, 0.15) is 11.5 Å². The predicted molar refractivity (Wildman–Crippen MR) is 88.5 cm³/mol. The Bertz CT molecular complexity index is 809. The van der Waals surface area contributed by atoms with Crippen molar-refractivity contribution in [3.8, 4) is 22.4 Å². The highest BCUT2D eigenvalue weighted by molar-refractivity contribution is 6.33. The van der Waals surface area contributed by atoms with Crippen molar-refractivity contribution in [2.75, 3.05) is 5.73 Å². The Hall–Kier alpha value is -1.97. The minimum atomic E-state index is 0.576. The number of aromatic nitrogens is 2. The van der Waals surface area contributed by atoms with E-state index in [9.17, 15) is 0 Å². The molecular weight excluding hydrogens is 305 g/mol. The minimum absolute atomic E-state index is 0.576. The predicted octanol–water partition coefficient (Wildman–Crippen LogP) is 4.64. The molecule has 0 unspecified atom stereocenters. The van der Waals surface area contributed by atoms with Gasteiger partial charge in [0.25, 0.3) is 0 Å². The van der Waals surface area contributed by atoms with E-state index in [-0.39, 0.29) is 0 Å². The number of hydrogen-bond acceptors (Lipinski definition) is 2. The third-order valence-corrected chi connectivity index (χ3v) is 3.90. The molecule has 0 saturated carbocycles. The van der Waals surface area contributed by atoms with E-state index in [1.165, 1.54) is 0 Å². The second-order valence-electron chi connectivity index (χ2n) is 4.72. The Labute approximate surface area is 132 Å². The lowest BCUT2D eigenvalue weighted by Crippen LogP contribution is -1.97. The lowest BCUT2D eigenvalue weighted by Gasteiger charge is -2.06. The molecular formula is C16H13Cl2N3. The molecule has 21 heavy (non-hydrogen) atoms. The molecule has 0 spiro atoms. The first-order valence-corrected chi connectivity index (χ1v) is 7.17. The van der Waals surface area contributed by atoms with Gasteiger partial charge in [0.15, 0.2) is 0 Å². The van der Waals surface area contributed by atoms with Gasteiger partial charge in [-0.1, -0.05) is 53.5 Å². The molecule has 0 amide bonds. The van der Waals surface area contributed by atoms with Crippen molar-refractivity contribution in [3.05, 3.63) is 58.6 Å². The van der Waals surface area contributed by atoms with E-state index < -0.39 is 0 Å². The largest absolute Gasteiger partial charge is 0.383 e. The van der Waals surface area contributed by atoms with Crippen molar-refractivity contribution >= 4 is 29.0 Å². The number of nitrogen functional groups attached to an aromatic ring is 1. The maximum absolute atomic E-state index is 6.29. The van der Waals surface area contributed by atoms with Gasteiger partial charge in [-0.3, -0.25) is 4.68 Å². The molecule has 0 saturated heterocycles. The molecule has 3 rings (SSSR count). The van der Waals surface area contributed by atoms with Crippen LogP contribution in [-0.4, -0.2) is 9.78 Å². The zero-order chi connectivity index (χ0) is 15.0. The maximum atomic E-state index is 6.29. The smallest absolute Gasteiger partial charge is 0.129 e. The summed E-state index contributed by atoms with van der Waals surface area (Å²) < 4.78 is 1.65. The summed E-state index contributed by atoms with van der Waals surface area (Å²) in [4.78, 5) is 0. The third-order valence-electron chi connectivity index (χ3n) is 3.33. The number of benzene rings is 2. The molecule has 5 heteroatoms. The van der Waals surface area contributed by atoms with Gasteiger partial charge in [0.2, 0.25) is 0 Å². The summed E-state index contributed by atoms with van der Waals surface area (Å²) in [5.74, 6) is 0.576. The fourth-order valence-electron chi connectivity index (χ4n) is 2.31. The van der Waals surface area contributed by atoms with Crippen molar-refractivity contribution in [2.45, 2.75) is 0 Å². The van der Waals surface area contributed by atoms with Crippen molar-refractivity contribution in [1.29, 1.82) is 0 Å². The van der Waals surface area contributed by atoms with Crippen LogP contribution in [-0.2, 0) is 7.05 Å². The molecule has 3 nitrogen and oxygen atoms in total. The molecule has 0 atom stereocenters. The fraction of sp³-hybridized carbons (Fsp3) is 0.0625. The lowest BCUT2D eigenvalue weighted by molar-refractivity contribution is 0.782. The SMILES string of the molecule is Cn1nc(-c2ccccc2Cl)c(-c2cccc(Cl)c2)c1N. The van der Waals surface area contributed by atoms with Crippen LogP contribution in [0.25, 0.3) is 22.4 Å². The summed E-state index contributed by atoms with van der Waals surface area (Å²) in [5.41, 5.74) is 9.55. The summed E-state index contributed by atoms with van der Waals surface area (Å²) >= 11 is 12.4. The summed E-state index contributed by atoms with van der Waals surface area (Å²) in [5, 5.41) is 5.80. The topological polar surface area (TPSA) is 43.8 Å². The van der Waals surface area contributed by atoms with Crippen LogP contribution in [0, 0.1) is 0 Å². The normalized spacial score (nSPS) is 10.8. The van der Waals surface area contributed by atoms with Crippen molar-refractivity contribution in [3.63, 3.8) is 0 Å². The molecule has 0 fully saturated rings. The highest BCUT2D eigenvalue weighted by atomic mass is 35.5. The first kappa shape index (κ1) is 14.0. The molecule has 3 aromatic rings. The lowest BCUT2D eigenvalue weighted by atomic mass is 10.0. The standard InChI is InChI=1S/C16H13Cl2N3/c1-21-16(19)14(10-5-4-6-11(17)9-10)15(20-21)12-7-2-3-8-13(12)18/h2-9H,19H2,1H3. The van der Waals surface area contributed by atoms with Crippen LogP contribution < -0.4 is 5.73 Å². The molecule has 0 aliphatic heterocycles. The zero-order valence-corrected chi connectivity index (χ0v) is 12.9. The number of aryl methyl sites for hydroxylation is 1. The Morgan fingerprint density at radius 2 is 1.81 bits per heavy atom. The molecule has 2 N–H and O–H groups in total. The van der Waals surface area contributed by atoms with E-state index in [1.807, 2.05) is 55.6 Å². The quantitative estimate of drug-likeness (QED) is 0.748. The first-order chi connectivity index (χ1) is 10.1. The second kappa shape index (κ2) is 5.43. The van der Waals surface area contributed by atoms with E-state index >= 15 is 0 Å². The van der Waals surface area contributed by atoms with Gasteiger partial charge in [-0.05, 0) is 23.8 Å². The molecule has 106 valence electrons. The van der Waals surface area contributed by atoms with Gasteiger partial charge in [0, 0.05) is 17.6 Å². The van der Waals surface area contributed by atoms with E-state index in [0.717, 1.165) is 22.4 Å². The minimum Gasteiger partial charge on any atom is -0.383 e. The average molecular weight is 318 g/mol. The van der Waals surface area contributed by atoms with Gasteiger partial charge in [-0.15, -0.1) is 0 Å². The van der Waals surface area contributed by atoms with Gasteiger partial charge in [0.05, 0.1) is 10.6 Å². The average Bonchev–Trinajstić information content (AvgIpc) is 2.75. The summed E-state index contributed by atoms with van der Waals surface area (Å²) in [6.45, 7) is 0. The van der Waals surface area contributed by atoms with Gasteiger partial charge in [-0.2, -0.15) is 5.10 Å². The summed E-state index contributed by atoms with van der Waals surface area (Å²) in [6.07, 6.45) is 0. The Morgan fingerprint density at radius 1 is 1.05 bits per heavy atom. The van der Waals surface area contributed by atoms with Crippen molar-refractivity contribution in [2.24, 2.45) is 7.05 Å². The molecule has 0 aliphatic carbocycles. The van der Waals surface area contributed by atoms with Crippen molar-refractivity contribution in [1.82, 2.24) is 9.78 Å². The highest BCUT2D eigenvalue weighted by Gasteiger charge is 2.19. The van der Waals surface area contributed by atoms with Gasteiger partial charge in [-0.25, -0.2) is 0 Å². The second-order valence-corrected chi connectivity index (χ2v) is 5.57.